The molecule has 3 rings (SSSR count). The average Bonchev–Trinajstić information content (AvgIpc) is 2.99. The number of carbonyl (C=O) groups is 2. The standard InChI is InChI=1S/C17H16FN3O4/c1-17(16(24)25)8-9-20(10-17)15(23)13-6-7-14(22)21(19-13)12-4-2-11(18)3-5-12/h2-7H,8-10H2,1H3,(H,24,25)/t17-/m1/s1. The van der Waals surface area contributed by atoms with Crippen LogP contribution in [0.3, 0.4) is 0 Å². The molecule has 1 N–H and O–H groups in total. The second-order valence-electron chi connectivity index (χ2n) is 6.29. The Labute approximate surface area is 142 Å². The highest BCUT2D eigenvalue weighted by Crippen LogP contribution is 2.30. The quantitative estimate of drug-likeness (QED) is 0.905. The highest BCUT2D eigenvalue weighted by atomic mass is 19.1. The second-order valence-corrected chi connectivity index (χ2v) is 6.29. The molecule has 0 aliphatic carbocycles. The number of carbonyl (C=O) groups excluding carboxylic acids is 1. The van der Waals surface area contributed by atoms with Crippen LogP contribution in [0.25, 0.3) is 5.69 Å². The Hall–Kier alpha value is -3.03. The number of likely N-dealkylation sites (tertiary alicyclic amines) is 1. The number of amides is 1. The minimum atomic E-state index is -0.985. The van der Waals surface area contributed by atoms with E-state index in [0.717, 1.165) is 4.68 Å². The largest absolute Gasteiger partial charge is 0.481 e. The maximum absolute atomic E-state index is 13.0. The van der Waals surface area contributed by atoms with E-state index in [1.165, 1.54) is 41.3 Å². The summed E-state index contributed by atoms with van der Waals surface area (Å²) >= 11 is 0. The number of nitrogens with zero attached hydrogens (tertiary/aromatic N) is 3. The summed E-state index contributed by atoms with van der Waals surface area (Å²) in [5.41, 5.74) is -1.09. The summed E-state index contributed by atoms with van der Waals surface area (Å²) in [5, 5.41) is 13.3. The molecule has 0 spiro atoms. The molecule has 1 saturated heterocycles. The van der Waals surface area contributed by atoms with Crippen molar-refractivity contribution in [3.8, 4) is 5.69 Å². The first-order chi connectivity index (χ1) is 11.8. The van der Waals surface area contributed by atoms with Crippen molar-refractivity contribution in [2.24, 2.45) is 5.41 Å². The monoisotopic (exact) mass is 345 g/mol. The molecule has 0 unspecified atom stereocenters. The Bertz CT molecular complexity index is 894. The number of halogens is 1. The molecular weight excluding hydrogens is 329 g/mol. The van der Waals surface area contributed by atoms with Gasteiger partial charge >= 0.3 is 5.97 Å². The van der Waals surface area contributed by atoms with Gasteiger partial charge in [-0.2, -0.15) is 9.78 Å². The number of benzene rings is 1. The van der Waals surface area contributed by atoms with E-state index < -0.39 is 28.7 Å². The second kappa shape index (κ2) is 6.12. The number of hydrogen-bond acceptors (Lipinski definition) is 4. The van der Waals surface area contributed by atoms with E-state index >= 15 is 0 Å². The van der Waals surface area contributed by atoms with Gasteiger partial charge in [-0.3, -0.25) is 14.4 Å². The van der Waals surface area contributed by atoms with Gasteiger partial charge in [-0.05, 0) is 43.7 Å². The summed E-state index contributed by atoms with van der Waals surface area (Å²) in [5.74, 6) is -1.85. The van der Waals surface area contributed by atoms with E-state index in [1.54, 1.807) is 6.92 Å². The summed E-state index contributed by atoms with van der Waals surface area (Å²) in [4.78, 5) is 37.3. The first-order valence-corrected chi connectivity index (χ1v) is 7.69. The lowest BCUT2D eigenvalue weighted by Crippen LogP contribution is -2.36. The smallest absolute Gasteiger partial charge is 0.311 e. The number of carboxylic acid groups (broad SMARTS) is 1. The van der Waals surface area contributed by atoms with Crippen molar-refractivity contribution < 1.29 is 19.1 Å². The van der Waals surface area contributed by atoms with Gasteiger partial charge in [0.25, 0.3) is 11.5 Å². The fourth-order valence-corrected chi connectivity index (χ4v) is 2.76. The molecule has 1 aliphatic rings. The lowest BCUT2D eigenvalue weighted by atomic mass is 9.90. The van der Waals surface area contributed by atoms with Crippen LogP contribution in [0.5, 0.6) is 0 Å². The van der Waals surface area contributed by atoms with Crippen molar-refractivity contribution in [3.05, 3.63) is 58.3 Å². The van der Waals surface area contributed by atoms with Gasteiger partial charge in [0.2, 0.25) is 0 Å². The lowest BCUT2D eigenvalue weighted by molar-refractivity contribution is -0.147. The van der Waals surface area contributed by atoms with Gasteiger partial charge in [-0.1, -0.05) is 0 Å². The van der Waals surface area contributed by atoms with Gasteiger partial charge < -0.3 is 10.0 Å². The van der Waals surface area contributed by atoms with E-state index in [0.29, 0.717) is 18.7 Å². The van der Waals surface area contributed by atoms with Gasteiger partial charge in [0.15, 0.2) is 0 Å². The van der Waals surface area contributed by atoms with E-state index in [-0.39, 0.29) is 12.2 Å². The minimum absolute atomic E-state index is 0.0264. The highest BCUT2D eigenvalue weighted by molar-refractivity contribution is 5.93. The van der Waals surface area contributed by atoms with Crippen LogP contribution in [0.1, 0.15) is 23.8 Å². The number of rotatable bonds is 3. The highest BCUT2D eigenvalue weighted by Gasteiger charge is 2.42. The average molecular weight is 345 g/mol. The molecule has 1 aromatic carbocycles. The molecule has 1 atom stereocenters. The van der Waals surface area contributed by atoms with E-state index in [2.05, 4.69) is 5.10 Å². The van der Waals surface area contributed by atoms with Gasteiger partial charge in [-0.25, -0.2) is 4.39 Å². The van der Waals surface area contributed by atoms with Gasteiger partial charge in [-0.15, -0.1) is 0 Å². The topological polar surface area (TPSA) is 92.5 Å². The molecule has 2 aromatic rings. The Morgan fingerprint density at radius 3 is 2.48 bits per heavy atom. The zero-order chi connectivity index (χ0) is 18.2. The Morgan fingerprint density at radius 2 is 1.88 bits per heavy atom. The number of aliphatic carboxylic acids is 1. The summed E-state index contributed by atoms with van der Waals surface area (Å²) in [6, 6.07) is 7.66. The van der Waals surface area contributed by atoms with Gasteiger partial charge in [0.1, 0.15) is 11.5 Å². The SMILES string of the molecule is C[C@@]1(C(=O)O)CCN(C(=O)c2ccc(=O)n(-c3ccc(F)cc3)n2)C1. The molecule has 1 aromatic heterocycles. The van der Waals surface area contributed by atoms with Crippen LogP contribution in [-0.2, 0) is 4.79 Å². The minimum Gasteiger partial charge on any atom is -0.481 e. The summed E-state index contributed by atoms with van der Waals surface area (Å²) in [6.07, 6.45) is 0.353. The molecule has 0 bridgehead atoms. The van der Waals surface area contributed by atoms with Crippen LogP contribution >= 0.6 is 0 Å². The third-order valence-corrected chi connectivity index (χ3v) is 4.37. The Morgan fingerprint density at radius 1 is 1.20 bits per heavy atom. The van der Waals surface area contributed by atoms with Crippen LogP contribution in [0.15, 0.2) is 41.2 Å². The number of hydrogen-bond donors (Lipinski definition) is 1. The lowest BCUT2D eigenvalue weighted by Gasteiger charge is -2.20. The predicted octanol–water partition coefficient (Wildman–Crippen LogP) is 1.31. The molecular formula is C17H16FN3O4. The molecule has 0 saturated carbocycles. The van der Waals surface area contributed by atoms with Gasteiger partial charge in [0, 0.05) is 19.2 Å². The predicted molar refractivity (Wildman–Crippen MR) is 86.1 cm³/mol. The van der Waals surface area contributed by atoms with Crippen LogP contribution in [0.4, 0.5) is 4.39 Å². The third kappa shape index (κ3) is 3.15. The molecule has 130 valence electrons. The maximum atomic E-state index is 13.0. The molecule has 25 heavy (non-hydrogen) atoms. The first-order valence-electron chi connectivity index (χ1n) is 7.69. The maximum Gasteiger partial charge on any atom is 0.311 e. The normalized spacial score (nSPS) is 19.8. The van der Waals surface area contributed by atoms with Crippen LogP contribution < -0.4 is 5.56 Å². The van der Waals surface area contributed by atoms with E-state index in [9.17, 15) is 23.9 Å². The van der Waals surface area contributed by atoms with E-state index in [4.69, 9.17) is 0 Å². The van der Waals surface area contributed by atoms with Crippen LogP contribution in [0.2, 0.25) is 0 Å². The van der Waals surface area contributed by atoms with Crippen molar-refractivity contribution in [2.45, 2.75) is 13.3 Å². The third-order valence-electron chi connectivity index (χ3n) is 4.37. The van der Waals surface area contributed by atoms with Gasteiger partial charge in [0.05, 0.1) is 11.1 Å². The summed E-state index contributed by atoms with van der Waals surface area (Å²) in [7, 11) is 0. The molecule has 1 amide bonds. The molecule has 1 fully saturated rings. The number of aromatic nitrogens is 2. The summed E-state index contributed by atoms with van der Waals surface area (Å²) < 4.78 is 14.0. The molecule has 8 heteroatoms. The Balaban J connectivity index is 1.90. The first kappa shape index (κ1) is 16.8. The van der Waals surface area contributed by atoms with Crippen molar-refractivity contribution >= 4 is 11.9 Å². The van der Waals surface area contributed by atoms with Crippen LogP contribution in [-0.4, -0.2) is 44.8 Å². The molecule has 1 aliphatic heterocycles. The van der Waals surface area contributed by atoms with Crippen molar-refractivity contribution in [1.29, 1.82) is 0 Å². The van der Waals surface area contributed by atoms with Crippen LogP contribution in [0, 0.1) is 11.2 Å². The van der Waals surface area contributed by atoms with Crippen molar-refractivity contribution in [2.75, 3.05) is 13.1 Å². The summed E-state index contributed by atoms with van der Waals surface area (Å²) in [6.45, 7) is 1.98. The zero-order valence-electron chi connectivity index (χ0n) is 13.5. The van der Waals surface area contributed by atoms with E-state index in [1.807, 2.05) is 0 Å². The van der Waals surface area contributed by atoms with Crippen molar-refractivity contribution in [3.63, 3.8) is 0 Å². The van der Waals surface area contributed by atoms with Crippen molar-refractivity contribution in [1.82, 2.24) is 14.7 Å². The Kier molecular flexibility index (Phi) is 4.12. The molecule has 0 radical (unpaired) electrons. The zero-order valence-corrected chi connectivity index (χ0v) is 13.5. The molecule has 2 heterocycles. The molecule has 7 nitrogen and oxygen atoms in total. The fraction of sp³-hybridized carbons (Fsp3) is 0.294. The fourth-order valence-electron chi connectivity index (χ4n) is 2.76. The number of carboxylic acids is 1.